The van der Waals surface area contributed by atoms with E-state index < -0.39 is 0 Å². The molecule has 0 saturated carbocycles. The van der Waals surface area contributed by atoms with Crippen molar-refractivity contribution in [2.75, 3.05) is 13.1 Å². The standard InChI is InChI=1S/C17H35N/c1-3-5-6-7-8-9-11-15-18-16-12-10-14-17(18)13-4-2/h17H,3-16H2,1-2H3. The first-order valence-corrected chi connectivity index (χ1v) is 8.62. The molecule has 1 fully saturated rings. The molecule has 1 heteroatoms. The lowest BCUT2D eigenvalue weighted by atomic mass is 9.97. The van der Waals surface area contributed by atoms with Gasteiger partial charge < -0.3 is 4.90 Å². The molecular weight excluding hydrogens is 218 g/mol. The van der Waals surface area contributed by atoms with Gasteiger partial charge in [-0.25, -0.2) is 0 Å². The Labute approximate surface area is 115 Å². The number of rotatable bonds is 10. The van der Waals surface area contributed by atoms with Crippen LogP contribution >= 0.6 is 0 Å². The van der Waals surface area contributed by atoms with Crippen molar-refractivity contribution < 1.29 is 0 Å². The maximum Gasteiger partial charge on any atom is 0.00951 e. The average Bonchev–Trinajstić information content (AvgIpc) is 2.40. The van der Waals surface area contributed by atoms with E-state index in [4.69, 9.17) is 0 Å². The summed E-state index contributed by atoms with van der Waals surface area (Å²) in [5, 5.41) is 0. The largest absolute Gasteiger partial charge is 0.300 e. The highest BCUT2D eigenvalue weighted by molar-refractivity contribution is 4.76. The predicted octanol–water partition coefficient (Wildman–Crippen LogP) is 5.39. The Balaban J connectivity index is 2.02. The van der Waals surface area contributed by atoms with Gasteiger partial charge in [0.2, 0.25) is 0 Å². The Bertz CT molecular complexity index is 176. The summed E-state index contributed by atoms with van der Waals surface area (Å²) in [7, 11) is 0. The van der Waals surface area contributed by atoms with Gasteiger partial charge in [0.1, 0.15) is 0 Å². The number of likely N-dealkylation sites (tertiary alicyclic amines) is 1. The van der Waals surface area contributed by atoms with Crippen molar-refractivity contribution in [3.63, 3.8) is 0 Å². The van der Waals surface area contributed by atoms with Gasteiger partial charge in [0.15, 0.2) is 0 Å². The third kappa shape index (κ3) is 6.78. The third-order valence-corrected chi connectivity index (χ3v) is 4.42. The van der Waals surface area contributed by atoms with Crippen LogP contribution in [0.15, 0.2) is 0 Å². The van der Waals surface area contributed by atoms with Gasteiger partial charge >= 0.3 is 0 Å². The minimum atomic E-state index is 0.920. The van der Waals surface area contributed by atoms with Gasteiger partial charge in [-0.1, -0.05) is 65.2 Å². The second kappa shape index (κ2) is 10.8. The molecule has 0 bridgehead atoms. The number of hydrogen-bond acceptors (Lipinski definition) is 1. The van der Waals surface area contributed by atoms with Gasteiger partial charge in [-0.3, -0.25) is 0 Å². The Hall–Kier alpha value is -0.0400. The zero-order valence-corrected chi connectivity index (χ0v) is 12.9. The first kappa shape index (κ1) is 16.0. The fourth-order valence-corrected chi connectivity index (χ4v) is 3.29. The molecule has 1 aliphatic heterocycles. The average molecular weight is 253 g/mol. The normalized spacial score (nSPS) is 21.3. The predicted molar refractivity (Wildman–Crippen MR) is 82.1 cm³/mol. The van der Waals surface area contributed by atoms with Gasteiger partial charge in [0, 0.05) is 6.04 Å². The molecule has 0 aromatic rings. The van der Waals surface area contributed by atoms with Crippen molar-refractivity contribution in [1.29, 1.82) is 0 Å². The van der Waals surface area contributed by atoms with Gasteiger partial charge in [0.25, 0.3) is 0 Å². The van der Waals surface area contributed by atoms with E-state index in [-0.39, 0.29) is 0 Å². The summed E-state index contributed by atoms with van der Waals surface area (Å²) in [5.74, 6) is 0. The summed E-state index contributed by atoms with van der Waals surface area (Å²) in [4.78, 5) is 2.79. The van der Waals surface area contributed by atoms with Gasteiger partial charge in [-0.2, -0.15) is 0 Å². The smallest absolute Gasteiger partial charge is 0.00951 e. The van der Waals surface area contributed by atoms with Crippen molar-refractivity contribution >= 4 is 0 Å². The molecular formula is C17H35N. The minimum Gasteiger partial charge on any atom is -0.300 e. The number of hydrogen-bond donors (Lipinski definition) is 0. The third-order valence-electron chi connectivity index (χ3n) is 4.42. The maximum absolute atomic E-state index is 2.79. The first-order chi connectivity index (χ1) is 8.88. The summed E-state index contributed by atoms with van der Waals surface area (Å²) in [6.07, 6.45) is 17.2. The molecule has 0 amide bonds. The van der Waals surface area contributed by atoms with Gasteiger partial charge in [0.05, 0.1) is 0 Å². The van der Waals surface area contributed by atoms with Crippen molar-refractivity contribution in [3.05, 3.63) is 0 Å². The lowest BCUT2D eigenvalue weighted by Crippen LogP contribution is -2.39. The van der Waals surface area contributed by atoms with E-state index >= 15 is 0 Å². The molecule has 1 atom stereocenters. The summed E-state index contributed by atoms with van der Waals surface area (Å²) >= 11 is 0. The molecule has 0 radical (unpaired) electrons. The molecule has 1 nitrogen and oxygen atoms in total. The zero-order chi connectivity index (χ0) is 13.1. The molecule has 1 aliphatic rings. The van der Waals surface area contributed by atoms with E-state index in [9.17, 15) is 0 Å². The summed E-state index contributed by atoms with van der Waals surface area (Å²) in [6.45, 7) is 7.38. The minimum absolute atomic E-state index is 0.920. The molecule has 108 valence electrons. The van der Waals surface area contributed by atoms with E-state index in [0.717, 1.165) is 6.04 Å². The number of unbranched alkanes of at least 4 members (excludes halogenated alkanes) is 6. The Morgan fingerprint density at radius 1 is 0.833 bits per heavy atom. The highest BCUT2D eigenvalue weighted by Crippen LogP contribution is 2.21. The second-order valence-electron chi connectivity index (χ2n) is 6.10. The Kier molecular flexibility index (Phi) is 9.65. The van der Waals surface area contributed by atoms with Crippen LogP contribution in [-0.2, 0) is 0 Å². The van der Waals surface area contributed by atoms with Gasteiger partial charge in [-0.05, 0) is 38.8 Å². The monoisotopic (exact) mass is 253 g/mol. The van der Waals surface area contributed by atoms with Crippen LogP contribution in [0.3, 0.4) is 0 Å². The van der Waals surface area contributed by atoms with Crippen LogP contribution in [0.5, 0.6) is 0 Å². The molecule has 1 unspecified atom stereocenters. The van der Waals surface area contributed by atoms with Gasteiger partial charge in [-0.15, -0.1) is 0 Å². The second-order valence-corrected chi connectivity index (χ2v) is 6.10. The topological polar surface area (TPSA) is 3.24 Å². The summed E-state index contributed by atoms with van der Waals surface area (Å²) in [6, 6.07) is 0.920. The molecule has 1 rings (SSSR count). The molecule has 1 heterocycles. The Morgan fingerprint density at radius 2 is 1.56 bits per heavy atom. The maximum atomic E-state index is 2.79. The lowest BCUT2D eigenvalue weighted by Gasteiger charge is -2.35. The van der Waals surface area contributed by atoms with Crippen LogP contribution in [0.4, 0.5) is 0 Å². The molecule has 0 N–H and O–H groups in total. The van der Waals surface area contributed by atoms with Crippen molar-refractivity contribution in [2.45, 2.75) is 96.9 Å². The zero-order valence-electron chi connectivity index (χ0n) is 12.9. The van der Waals surface area contributed by atoms with Crippen LogP contribution in [0.1, 0.15) is 90.9 Å². The van der Waals surface area contributed by atoms with Crippen LogP contribution in [0, 0.1) is 0 Å². The molecule has 18 heavy (non-hydrogen) atoms. The van der Waals surface area contributed by atoms with E-state index in [0.29, 0.717) is 0 Å². The van der Waals surface area contributed by atoms with E-state index in [1.165, 1.54) is 90.1 Å². The van der Waals surface area contributed by atoms with Crippen LogP contribution in [0.2, 0.25) is 0 Å². The quantitative estimate of drug-likeness (QED) is 0.472. The van der Waals surface area contributed by atoms with Crippen LogP contribution in [0.25, 0.3) is 0 Å². The van der Waals surface area contributed by atoms with Crippen molar-refractivity contribution in [2.24, 2.45) is 0 Å². The fraction of sp³-hybridized carbons (Fsp3) is 1.00. The summed E-state index contributed by atoms with van der Waals surface area (Å²) in [5.41, 5.74) is 0. The lowest BCUT2D eigenvalue weighted by molar-refractivity contribution is 0.136. The van der Waals surface area contributed by atoms with Crippen molar-refractivity contribution in [1.82, 2.24) is 4.90 Å². The first-order valence-electron chi connectivity index (χ1n) is 8.62. The number of nitrogens with zero attached hydrogens (tertiary/aromatic N) is 1. The van der Waals surface area contributed by atoms with E-state index in [1.807, 2.05) is 0 Å². The van der Waals surface area contributed by atoms with Crippen LogP contribution < -0.4 is 0 Å². The van der Waals surface area contributed by atoms with Crippen LogP contribution in [-0.4, -0.2) is 24.0 Å². The fourth-order valence-electron chi connectivity index (χ4n) is 3.29. The molecule has 0 aromatic carbocycles. The Morgan fingerprint density at radius 3 is 2.28 bits per heavy atom. The van der Waals surface area contributed by atoms with E-state index in [2.05, 4.69) is 18.7 Å². The molecule has 0 aromatic heterocycles. The number of piperidine rings is 1. The highest BCUT2D eigenvalue weighted by Gasteiger charge is 2.20. The SMILES string of the molecule is CCCCCCCCCN1CCCCC1CCC. The molecule has 0 spiro atoms. The summed E-state index contributed by atoms with van der Waals surface area (Å²) < 4.78 is 0. The highest BCUT2D eigenvalue weighted by atomic mass is 15.2. The molecule has 1 saturated heterocycles. The van der Waals surface area contributed by atoms with Crippen molar-refractivity contribution in [3.8, 4) is 0 Å². The molecule has 0 aliphatic carbocycles. The van der Waals surface area contributed by atoms with E-state index in [1.54, 1.807) is 0 Å².